The van der Waals surface area contributed by atoms with Crippen molar-refractivity contribution in [3.05, 3.63) is 0 Å². The summed E-state index contributed by atoms with van der Waals surface area (Å²) >= 11 is 0. The molecule has 0 saturated carbocycles. The van der Waals surface area contributed by atoms with Crippen LogP contribution < -0.4 is 10.6 Å². The molecule has 0 aromatic carbocycles. The topological polar surface area (TPSA) is 98.7 Å². The van der Waals surface area contributed by atoms with Crippen LogP contribution in [0.4, 0.5) is 0 Å². The fourth-order valence-corrected chi connectivity index (χ4v) is 3.10. The lowest BCUT2D eigenvalue weighted by Crippen LogP contribution is -2.62. The van der Waals surface area contributed by atoms with E-state index in [1.807, 2.05) is 0 Å². The van der Waals surface area contributed by atoms with Crippen molar-refractivity contribution in [2.75, 3.05) is 19.6 Å². The van der Waals surface area contributed by atoms with E-state index in [0.29, 0.717) is 19.0 Å². The van der Waals surface area contributed by atoms with Gasteiger partial charge in [-0.1, -0.05) is 13.3 Å². The first kappa shape index (κ1) is 15.8. The number of piperidine rings is 1. The summed E-state index contributed by atoms with van der Waals surface area (Å²) < 4.78 is 0. The lowest BCUT2D eigenvalue weighted by atomic mass is 9.89. The minimum atomic E-state index is -1.07. The fourth-order valence-electron chi connectivity index (χ4n) is 3.10. The van der Waals surface area contributed by atoms with Crippen LogP contribution in [0.3, 0.4) is 0 Å². The van der Waals surface area contributed by atoms with Crippen LogP contribution in [-0.2, 0) is 14.4 Å². The molecular formula is C14H23N3O4. The second-order valence-corrected chi connectivity index (χ2v) is 5.74. The fraction of sp³-hybridized carbons (Fsp3) is 0.786. The molecule has 7 nitrogen and oxygen atoms in total. The number of carboxylic acids is 1. The Balaban J connectivity index is 2.07. The van der Waals surface area contributed by atoms with Crippen LogP contribution in [0, 0.1) is 5.92 Å². The molecule has 3 atom stereocenters. The van der Waals surface area contributed by atoms with Gasteiger partial charge in [-0.2, -0.15) is 0 Å². The molecule has 0 aromatic rings. The first-order valence-electron chi connectivity index (χ1n) is 7.56. The van der Waals surface area contributed by atoms with Crippen LogP contribution in [0.5, 0.6) is 0 Å². The molecule has 0 aromatic heterocycles. The number of hydrogen-bond acceptors (Lipinski definition) is 4. The average molecular weight is 297 g/mol. The van der Waals surface area contributed by atoms with E-state index < -0.39 is 12.0 Å². The Bertz CT molecular complexity index is 426. The first-order chi connectivity index (χ1) is 10.0. The van der Waals surface area contributed by atoms with E-state index >= 15 is 0 Å². The zero-order valence-corrected chi connectivity index (χ0v) is 12.3. The normalized spacial score (nSPS) is 29.9. The van der Waals surface area contributed by atoms with E-state index in [-0.39, 0.29) is 24.3 Å². The van der Waals surface area contributed by atoms with Gasteiger partial charge in [-0.25, -0.2) is 0 Å². The zero-order chi connectivity index (χ0) is 15.4. The number of nitrogens with zero attached hydrogens (tertiary/aromatic N) is 1. The summed E-state index contributed by atoms with van der Waals surface area (Å²) in [6.07, 6.45) is 2.50. The van der Waals surface area contributed by atoms with Crippen molar-refractivity contribution in [2.24, 2.45) is 5.92 Å². The van der Waals surface area contributed by atoms with Crippen molar-refractivity contribution < 1.29 is 19.5 Å². The summed E-state index contributed by atoms with van der Waals surface area (Å²) in [5, 5.41) is 14.8. The van der Waals surface area contributed by atoms with E-state index in [9.17, 15) is 14.4 Å². The SMILES string of the molecule is CCC1CCNC(C(=O)N2CCNC(=O)C2CC(=O)O)C1. The summed E-state index contributed by atoms with van der Waals surface area (Å²) in [4.78, 5) is 36.9. The Morgan fingerprint density at radius 2 is 2.14 bits per heavy atom. The van der Waals surface area contributed by atoms with Crippen LogP contribution >= 0.6 is 0 Å². The molecule has 3 unspecified atom stereocenters. The van der Waals surface area contributed by atoms with Gasteiger partial charge in [-0.05, 0) is 25.3 Å². The second kappa shape index (κ2) is 6.89. The number of carbonyl (C=O) groups excluding carboxylic acids is 2. The van der Waals surface area contributed by atoms with E-state index in [1.165, 1.54) is 4.90 Å². The van der Waals surface area contributed by atoms with Gasteiger partial charge in [-0.15, -0.1) is 0 Å². The molecular weight excluding hydrogens is 274 g/mol. The van der Waals surface area contributed by atoms with Crippen LogP contribution in [-0.4, -0.2) is 59.5 Å². The Hall–Kier alpha value is -1.63. The Kier molecular flexibility index (Phi) is 5.17. The Morgan fingerprint density at radius 1 is 1.38 bits per heavy atom. The molecule has 7 heteroatoms. The predicted molar refractivity (Wildman–Crippen MR) is 75.6 cm³/mol. The van der Waals surface area contributed by atoms with Crippen molar-refractivity contribution >= 4 is 17.8 Å². The Morgan fingerprint density at radius 3 is 2.81 bits per heavy atom. The number of amides is 2. The highest BCUT2D eigenvalue weighted by Crippen LogP contribution is 2.22. The molecule has 2 amide bonds. The number of aliphatic carboxylic acids is 1. The van der Waals surface area contributed by atoms with Crippen molar-refractivity contribution in [2.45, 2.75) is 44.7 Å². The van der Waals surface area contributed by atoms with Gasteiger partial charge in [0, 0.05) is 13.1 Å². The molecule has 2 rings (SSSR count). The molecule has 0 spiro atoms. The predicted octanol–water partition coefficient (Wildman–Crippen LogP) is -0.434. The first-order valence-corrected chi connectivity index (χ1v) is 7.56. The van der Waals surface area contributed by atoms with Gasteiger partial charge >= 0.3 is 5.97 Å². The molecule has 3 N–H and O–H groups in total. The molecule has 0 aliphatic carbocycles. The zero-order valence-electron chi connectivity index (χ0n) is 12.3. The number of carboxylic acid groups (broad SMARTS) is 1. The lowest BCUT2D eigenvalue weighted by Gasteiger charge is -2.38. The molecule has 2 heterocycles. The molecule has 2 aliphatic rings. The minimum absolute atomic E-state index is 0.144. The standard InChI is InChI=1S/C14H23N3O4/c1-2-9-3-4-15-10(7-9)14(21)17-6-5-16-13(20)11(17)8-12(18)19/h9-11,15H,2-8H2,1H3,(H,16,20)(H,18,19). The minimum Gasteiger partial charge on any atom is -0.481 e. The van der Waals surface area contributed by atoms with E-state index in [2.05, 4.69) is 17.6 Å². The maximum absolute atomic E-state index is 12.6. The molecule has 2 aliphatic heterocycles. The third kappa shape index (κ3) is 3.72. The van der Waals surface area contributed by atoms with E-state index in [0.717, 1.165) is 25.8 Å². The van der Waals surface area contributed by atoms with Crippen LogP contribution in [0.2, 0.25) is 0 Å². The number of rotatable bonds is 4. The number of carbonyl (C=O) groups is 3. The maximum Gasteiger partial charge on any atom is 0.305 e. The average Bonchev–Trinajstić information content (AvgIpc) is 2.48. The smallest absolute Gasteiger partial charge is 0.305 e. The highest BCUT2D eigenvalue weighted by Gasteiger charge is 2.38. The largest absolute Gasteiger partial charge is 0.481 e. The third-order valence-corrected chi connectivity index (χ3v) is 4.37. The highest BCUT2D eigenvalue weighted by atomic mass is 16.4. The summed E-state index contributed by atoms with van der Waals surface area (Å²) in [7, 11) is 0. The number of nitrogens with one attached hydrogen (secondary N) is 2. The second-order valence-electron chi connectivity index (χ2n) is 5.74. The summed E-state index contributed by atoms with van der Waals surface area (Å²) in [5.41, 5.74) is 0. The van der Waals surface area contributed by atoms with Crippen molar-refractivity contribution in [1.29, 1.82) is 0 Å². The molecule has 21 heavy (non-hydrogen) atoms. The van der Waals surface area contributed by atoms with Gasteiger partial charge in [0.15, 0.2) is 0 Å². The maximum atomic E-state index is 12.6. The van der Waals surface area contributed by atoms with Gasteiger partial charge in [-0.3, -0.25) is 14.4 Å². The van der Waals surface area contributed by atoms with Gasteiger partial charge in [0.2, 0.25) is 11.8 Å². The van der Waals surface area contributed by atoms with Gasteiger partial charge < -0.3 is 20.6 Å². The van der Waals surface area contributed by atoms with Crippen molar-refractivity contribution in [3.8, 4) is 0 Å². The molecule has 0 radical (unpaired) electrons. The molecule has 0 bridgehead atoms. The van der Waals surface area contributed by atoms with Crippen LogP contribution in [0.25, 0.3) is 0 Å². The van der Waals surface area contributed by atoms with Crippen LogP contribution in [0.1, 0.15) is 32.6 Å². The monoisotopic (exact) mass is 297 g/mol. The molecule has 118 valence electrons. The van der Waals surface area contributed by atoms with Gasteiger partial charge in [0.05, 0.1) is 12.5 Å². The van der Waals surface area contributed by atoms with Crippen molar-refractivity contribution in [3.63, 3.8) is 0 Å². The van der Waals surface area contributed by atoms with Gasteiger partial charge in [0.1, 0.15) is 6.04 Å². The summed E-state index contributed by atoms with van der Waals surface area (Å²) in [6.45, 7) is 3.65. The quantitative estimate of drug-likeness (QED) is 0.654. The lowest BCUT2D eigenvalue weighted by molar-refractivity contribution is -0.150. The van der Waals surface area contributed by atoms with Gasteiger partial charge in [0.25, 0.3) is 0 Å². The molecule has 2 saturated heterocycles. The van der Waals surface area contributed by atoms with Crippen LogP contribution in [0.15, 0.2) is 0 Å². The third-order valence-electron chi connectivity index (χ3n) is 4.37. The number of hydrogen-bond donors (Lipinski definition) is 3. The van der Waals surface area contributed by atoms with E-state index in [1.54, 1.807) is 0 Å². The summed E-state index contributed by atoms with van der Waals surface area (Å²) in [5.74, 6) is -1.08. The molecule has 2 fully saturated rings. The van der Waals surface area contributed by atoms with E-state index in [4.69, 9.17) is 5.11 Å². The Labute approximate surface area is 124 Å². The summed E-state index contributed by atoms with van der Waals surface area (Å²) in [6, 6.07) is -1.20. The highest BCUT2D eigenvalue weighted by molar-refractivity contribution is 5.93. The number of piperazine rings is 1. The van der Waals surface area contributed by atoms with Crippen molar-refractivity contribution in [1.82, 2.24) is 15.5 Å².